The standard InChI is InChI=1S/C17H15ClN2O3/c1-9(2)16(21)19-11-4-6-14-12(8-11)17(22)20-13-7-10(18)3-5-15(13)23-14/h3-9H,1-2H3,(H,19,21)(H,20,22). The molecule has 0 atom stereocenters. The molecule has 3 rings (SSSR count). The number of amides is 2. The van der Waals surface area contributed by atoms with Gasteiger partial charge in [0.1, 0.15) is 5.75 Å². The Morgan fingerprint density at radius 1 is 1.17 bits per heavy atom. The first-order valence-corrected chi connectivity index (χ1v) is 7.55. The van der Waals surface area contributed by atoms with E-state index >= 15 is 0 Å². The summed E-state index contributed by atoms with van der Waals surface area (Å²) in [5.74, 6) is 0.355. The average molecular weight is 331 g/mol. The first-order chi connectivity index (χ1) is 10.9. The highest BCUT2D eigenvalue weighted by molar-refractivity contribution is 6.31. The van der Waals surface area contributed by atoms with Gasteiger partial charge >= 0.3 is 0 Å². The Balaban J connectivity index is 1.95. The summed E-state index contributed by atoms with van der Waals surface area (Å²) in [6.45, 7) is 3.60. The summed E-state index contributed by atoms with van der Waals surface area (Å²) in [5.41, 5.74) is 1.40. The highest BCUT2D eigenvalue weighted by Crippen LogP contribution is 2.37. The maximum absolute atomic E-state index is 12.4. The van der Waals surface area contributed by atoms with E-state index in [0.29, 0.717) is 33.5 Å². The molecule has 1 aliphatic rings. The predicted octanol–water partition coefficient (Wildman–Crippen LogP) is 4.29. The summed E-state index contributed by atoms with van der Waals surface area (Å²) < 4.78 is 5.78. The fourth-order valence-electron chi connectivity index (χ4n) is 2.16. The molecule has 0 spiro atoms. The maximum Gasteiger partial charge on any atom is 0.259 e. The minimum Gasteiger partial charge on any atom is -0.454 e. The van der Waals surface area contributed by atoms with Gasteiger partial charge in [-0.15, -0.1) is 0 Å². The first-order valence-electron chi connectivity index (χ1n) is 7.17. The van der Waals surface area contributed by atoms with E-state index < -0.39 is 0 Å². The number of carbonyl (C=O) groups excluding carboxylic acids is 2. The average Bonchev–Trinajstić information content (AvgIpc) is 2.63. The van der Waals surface area contributed by atoms with Crippen LogP contribution in [0.15, 0.2) is 36.4 Å². The number of rotatable bonds is 2. The Labute approximate surface area is 138 Å². The number of fused-ring (bicyclic) bond motifs is 2. The van der Waals surface area contributed by atoms with Gasteiger partial charge in [-0.2, -0.15) is 0 Å². The van der Waals surface area contributed by atoms with Crippen molar-refractivity contribution < 1.29 is 14.3 Å². The molecule has 0 fully saturated rings. The van der Waals surface area contributed by atoms with Gasteiger partial charge in [-0.05, 0) is 36.4 Å². The molecule has 2 aromatic rings. The first kappa shape index (κ1) is 15.4. The minimum absolute atomic E-state index is 0.116. The van der Waals surface area contributed by atoms with Crippen molar-refractivity contribution in [1.29, 1.82) is 0 Å². The third kappa shape index (κ3) is 3.14. The second kappa shape index (κ2) is 5.93. The molecule has 2 aromatic carbocycles. The molecule has 0 radical (unpaired) electrons. The van der Waals surface area contributed by atoms with Gasteiger partial charge in [0, 0.05) is 16.6 Å². The molecule has 0 aliphatic carbocycles. The molecule has 2 amide bonds. The van der Waals surface area contributed by atoms with Crippen molar-refractivity contribution in [2.24, 2.45) is 5.92 Å². The van der Waals surface area contributed by atoms with Crippen molar-refractivity contribution in [3.63, 3.8) is 0 Å². The molecule has 0 aromatic heterocycles. The molecular weight excluding hydrogens is 316 g/mol. The van der Waals surface area contributed by atoms with Gasteiger partial charge in [-0.3, -0.25) is 9.59 Å². The summed E-state index contributed by atoms with van der Waals surface area (Å²) >= 11 is 5.95. The van der Waals surface area contributed by atoms with Gasteiger partial charge in [0.2, 0.25) is 5.91 Å². The Morgan fingerprint density at radius 2 is 1.91 bits per heavy atom. The summed E-state index contributed by atoms with van der Waals surface area (Å²) in [4.78, 5) is 24.2. The molecule has 5 nitrogen and oxygen atoms in total. The maximum atomic E-state index is 12.4. The molecule has 0 saturated carbocycles. The lowest BCUT2D eigenvalue weighted by Crippen LogP contribution is -2.18. The van der Waals surface area contributed by atoms with E-state index in [9.17, 15) is 9.59 Å². The van der Waals surface area contributed by atoms with Gasteiger partial charge in [-0.1, -0.05) is 25.4 Å². The van der Waals surface area contributed by atoms with E-state index in [1.54, 1.807) is 50.2 Å². The zero-order valence-electron chi connectivity index (χ0n) is 12.6. The van der Waals surface area contributed by atoms with Gasteiger partial charge in [-0.25, -0.2) is 0 Å². The normalized spacial score (nSPS) is 12.6. The van der Waals surface area contributed by atoms with E-state index in [0.717, 1.165) is 0 Å². The van der Waals surface area contributed by atoms with Crippen molar-refractivity contribution in [1.82, 2.24) is 0 Å². The largest absolute Gasteiger partial charge is 0.454 e. The second-order valence-corrected chi connectivity index (χ2v) is 5.99. The van der Waals surface area contributed by atoms with Crippen molar-refractivity contribution >= 4 is 34.8 Å². The Kier molecular flexibility index (Phi) is 3.96. The molecule has 0 saturated heterocycles. The van der Waals surface area contributed by atoms with Crippen LogP contribution in [0.2, 0.25) is 5.02 Å². The zero-order valence-corrected chi connectivity index (χ0v) is 13.4. The fraction of sp³-hybridized carbons (Fsp3) is 0.176. The molecule has 6 heteroatoms. The molecule has 0 bridgehead atoms. The summed E-state index contributed by atoms with van der Waals surface area (Å²) in [7, 11) is 0. The van der Waals surface area contributed by atoms with Gasteiger partial charge in [0.05, 0.1) is 11.3 Å². The third-order valence-corrected chi connectivity index (χ3v) is 3.66. The van der Waals surface area contributed by atoms with Crippen molar-refractivity contribution in [2.45, 2.75) is 13.8 Å². The van der Waals surface area contributed by atoms with E-state index in [1.165, 1.54) is 0 Å². The van der Waals surface area contributed by atoms with Crippen LogP contribution in [-0.4, -0.2) is 11.8 Å². The van der Waals surface area contributed by atoms with Crippen LogP contribution in [0.25, 0.3) is 0 Å². The summed E-state index contributed by atoms with van der Waals surface area (Å²) in [6.07, 6.45) is 0. The SMILES string of the molecule is CC(C)C(=O)Nc1ccc2c(c1)C(=O)Nc1cc(Cl)ccc1O2. The van der Waals surface area contributed by atoms with Gasteiger partial charge in [0.15, 0.2) is 5.75 Å². The molecule has 0 unspecified atom stereocenters. The van der Waals surface area contributed by atoms with Crippen LogP contribution in [0.4, 0.5) is 11.4 Å². The van der Waals surface area contributed by atoms with E-state index in [-0.39, 0.29) is 17.7 Å². The van der Waals surface area contributed by atoms with Crippen LogP contribution >= 0.6 is 11.6 Å². The monoisotopic (exact) mass is 330 g/mol. The molecule has 23 heavy (non-hydrogen) atoms. The number of carbonyl (C=O) groups is 2. The molecule has 2 N–H and O–H groups in total. The summed E-state index contributed by atoms with van der Waals surface area (Å²) in [6, 6.07) is 9.97. The van der Waals surface area contributed by atoms with Crippen LogP contribution in [0.5, 0.6) is 11.5 Å². The van der Waals surface area contributed by atoms with Gasteiger partial charge in [0.25, 0.3) is 5.91 Å². The predicted molar refractivity (Wildman–Crippen MR) is 89.4 cm³/mol. The van der Waals surface area contributed by atoms with Gasteiger partial charge < -0.3 is 15.4 Å². The highest BCUT2D eigenvalue weighted by Gasteiger charge is 2.22. The number of nitrogens with one attached hydrogen (secondary N) is 2. The van der Waals surface area contributed by atoms with Crippen LogP contribution in [0.1, 0.15) is 24.2 Å². The van der Waals surface area contributed by atoms with Crippen LogP contribution in [0, 0.1) is 5.92 Å². The van der Waals surface area contributed by atoms with E-state index in [1.807, 2.05) is 0 Å². The van der Waals surface area contributed by atoms with Crippen LogP contribution in [-0.2, 0) is 4.79 Å². The Hall–Kier alpha value is -2.53. The number of hydrogen-bond acceptors (Lipinski definition) is 3. The Bertz CT molecular complexity index is 802. The molecule has 1 heterocycles. The van der Waals surface area contributed by atoms with E-state index in [2.05, 4.69) is 10.6 Å². The number of ether oxygens (including phenoxy) is 1. The number of benzene rings is 2. The quantitative estimate of drug-likeness (QED) is 0.863. The number of hydrogen-bond donors (Lipinski definition) is 2. The molecular formula is C17H15ClN2O3. The Morgan fingerprint density at radius 3 is 2.65 bits per heavy atom. The highest BCUT2D eigenvalue weighted by atomic mass is 35.5. The van der Waals surface area contributed by atoms with Crippen LogP contribution in [0.3, 0.4) is 0 Å². The van der Waals surface area contributed by atoms with Crippen molar-refractivity contribution in [2.75, 3.05) is 10.6 Å². The fourth-order valence-corrected chi connectivity index (χ4v) is 2.33. The third-order valence-electron chi connectivity index (χ3n) is 3.43. The smallest absolute Gasteiger partial charge is 0.259 e. The zero-order chi connectivity index (χ0) is 16.6. The lowest BCUT2D eigenvalue weighted by molar-refractivity contribution is -0.118. The lowest BCUT2D eigenvalue weighted by Gasteiger charge is -2.11. The van der Waals surface area contributed by atoms with Crippen LogP contribution < -0.4 is 15.4 Å². The lowest BCUT2D eigenvalue weighted by atomic mass is 10.1. The number of halogens is 1. The summed E-state index contributed by atoms with van der Waals surface area (Å²) in [5, 5.41) is 6.03. The van der Waals surface area contributed by atoms with E-state index in [4.69, 9.17) is 16.3 Å². The topological polar surface area (TPSA) is 67.4 Å². The second-order valence-electron chi connectivity index (χ2n) is 5.55. The van der Waals surface area contributed by atoms with Crippen molar-refractivity contribution in [3.8, 4) is 11.5 Å². The molecule has 118 valence electrons. The molecule has 1 aliphatic heterocycles. The minimum atomic E-state index is -0.318. The van der Waals surface area contributed by atoms with Crippen molar-refractivity contribution in [3.05, 3.63) is 47.0 Å². The number of anilines is 2.